The Labute approximate surface area is 123 Å². The molecule has 0 aromatic heterocycles. The summed E-state index contributed by atoms with van der Waals surface area (Å²) < 4.78 is 26.8. The Morgan fingerprint density at radius 2 is 1.60 bits per heavy atom. The quantitative estimate of drug-likeness (QED) is 0.892. The predicted octanol–water partition coefficient (Wildman–Crippen LogP) is 2.68. The molecule has 0 spiro atoms. The van der Waals surface area contributed by atoms with E-state index >= 15 is 0 Å². The molecule has 0 heterocycles. The smallest absolute Gasteiger partial charge is 0.261 e. The molecule has 2 aromatic rings. The molecule has 2 rings (SSSR count). The molecular weight excluding hydrogens is 298 g/mol. The lowest BCUT2D eigenvalue weighted by Crippen LogP contribution is -2.12. The van der Waals surface area contributed by atoms with Gasteiger partial charge in [0, 0.05) is 17.3 Å². The number of aliphatic hydroxyl groups excluding tert-OH is 1. The maximum absolute atomic E-state index is 12.2. The molecule has 0 bridgehead atoms. The number of halogens is 1. The number of hydrogen-bond acceptors (Lipinski definition) is 3. The van der Waals surface area contributed by atoms with Gasteiger partial charge in [0.15, 0.2) is 0 Å². The molecule has 0 aliphatic heterocycles. The van der Waals surface area contributed by atoms with Gasteiger partial charge in [-0.05, 0) is 48.4 Å². The zero-order valence-electron chi connectivity index (χ0n) is 10.6. The second kappa shape index (κ2) is 6.26. The van der Waals surface area contributed by atoms with Gasteiger partial charge in [0.2, 0.25) is 0 Å². The Balaban J connectivity index is 2.19. The molecule has 0 amide bonds. The summed E-state index contributed by atoms with van der Waals surface area (Å²) in [6.45, 7) is 0.0368. The summed E-state index contributed by atoms with van der Waals surface area (Å²) in [4.78, 5) is 0.175. The van der Waals surface area contributed by atoms with Gasteiger partial charge in [0.05, 0.1) is 4.90 Å². The fourth-order valence-corrected chi connectivity index (χ4v) is 2.88. The summed E-state index contributed by atoms with van der Waals surface area (Å²) in [5.74, 6) is 0. The number of rotatable bonds is 5. The lowest BCUT2D eigenvalue weighted by atomic mass is 10.2. The third-order valence-electron chi connectivity index (χ3n) is 2.73. The summed E-state index contributed by atoms with van der Waals surface area (Å²) in [6, 6.07) is 12.8. The first-order valence-electron chi connectivity index (χ1n) is 5.99. The highest BCUT2D eigenvalue weighted by atomic mass is 35.5. The summed E-state index contributed by atoms with van der Waals surface area (Å²) in [6.07, 6.45) is 0.505. The van der Waals surface area contributed by atoms with Crippen molar-refractivity contribution >= 4 is 27.3 Å². The lowest BCUT2D eigenvalue weighted by Gasteiger charge is -2.08. The summed E-state index contributed by atoms with van der Waals surface area (Å²) in [7, 11) is -3.61. The van der Waals surface area contributed by atoms with Crippen LogP contribution < -0.4 is 4.72 Å². The number of nitrogens with one attached hydrogen (secondary N) is 1. The van der Waals surface area contributed by atoms with E-state index in [1.807, 2.05) is 0 Å². The number of anilines is 1. The van der Waals surface area contributed by atoms with Crippen LogP contribution in [0.1, 0.15) is 5.56 Å². The van der Waals surface area contributed by atoms with Crippen LogP contribution in [0.4, 0.5) is 5.69 Å². The van der Waals surface area contributed by atoms with Crippen LogP contribution in [0.5, 0.6) is 0 Å². The number of aliphatic hydroxyl groups is 1. The molecule has 0 unspecified atom stereocenters. The third-order valence-corrected chi connectivity index (χ3v) is 4.38. The average Bonchev–Trinajstić information content (AvgIpc) is 2.42. The van der Waals surface area contributed by atoms with Gasteiger partial charge in [-0.1, -0.05) is 23.7 Å². The van der Waals surface area contributed by atoms with Crippen molar-refractivity contribution in [2.24, 2.45) is 0 Å². The van der Waals surface area contributed by atoms with Gasteiger partial charge >= 0.3 is 0 Å². The van der Waals surface area contributed by atoms with Crippen LogP contribution in [0.15, 0.2) is 53.4 Å². The van der Waals surface area contributed by atoms with Gasteiger partial charge in [-0.25, -0.2) is 8.42 Å². The van der Waals surface area contributed by atoms with E-state index < -0.39 is 10.0 Å². The predicted molar refractivity (Wildman–Crippen MR) is 79.5 cm³/mol. The van der Waals surface area contributed by atoms with Gasteiger partial charge in [0.1, 0.15) is 0 Å². The van der Waals surface area contributed by atoms with E-state index in [0.717, 1.165) is 5.56 Å². The normalized spacial score (nSPS) is 11.3. The van der Waals surface area contributed by atoms with E-state index in [2.05, 4.69) is 4.72 Å². The standard InChI is InChI=1S/C14H14ClNO3S/c15-12-3-5-13(6-4-12)16-20(18,19)14-7-1-11(2-8-14)9-10-17/h1-8,16-17H,9-10H2. The van der Waals surface area contributed by atoms with E-state index in [1.54, 1.807) is 36.4 Å². The monoisotopic (exact) mass is 311 g/mol. The van der Waals surface area contributed by atoms with Crippen molar-refractivity contribution in [2.75, 3.05) is 11.3 Å². The van der Waals surface area contributed by atoms with Crippen LogP contribution in [0.25, 0.3) is 0 Å². The SMILES string of the molecule is O=S(=O)(Nc1ccc(Cl)cc1)c1ccc(CCO)cc1. The molecule has 2 aromatic carbocycles. The highest BCUT2D eigenvalue weighted by Crippen LogP contribution is 2.18. The minimum atomic E-state index is -3.61. The first-order valence-corrected chi connectivity index (χ1v) is 7.85. The molecular formula is C14H14ClNO3S. The molecule has 4 nitrogen and oxygen atoms in total. The van der Waals surface area contributed by atoms with Gasteiger partial charge in [-0.2, -0.15) is 0 Å². The second-order valence-corrected chi connectivity index (χ2v) is 6.35. The Hall–Kier alpha value is -1.56. The Morgan fingerprint density at radius 1 is 1.00 bits per heavy atom. The molecule has 20 heavy (non-hydrogen) atoms. The van der Waals surface area contributed by atoms with E-state index in [-0.39, 0.29) is 11.5 Å². The molecule has 0 fully saturated rings. The van der Waals surface area contributed by atoms with Crippen molar-refractivity contribution in [2.45, 2.75) is 11.3 Å². The van der Waals surface area contributed by atoms with Crippen LogP contribution in [0.3, 0.4) is 0 Å². The molecule has 0 saturated heterocycles. The van der Waals surface area contributed by atoms with Crippen LogP contribution in [-0.4, -0.2) is 20.1 Å². The van der Waals surface area contributed by atoms with Gasteiger partial charge in [-0.3, -0.25) is 4.72 Å². The molecule has 0 saturated carbocycles. The van der Waals surface area contributed by atoms with Crippen molar-refractivity contribution in [3.8, 4) is 0 Å². The number of sulfonamides is 1. The summed E-state index contributed by atoms with van der Waals surface area (Å²) in [5, 5.41) is 9.37. The third kappa shape index (κ3) is 3.72. The largest absolute Gasteiger partial charge is 0.396 e. The van der Waals surface area contributed by atoms with Gasteiger partial charge < -0.3 is 5.11 Å². The van der Waals surface area contributed by atoms with Crippen LogP contribution in [-0.2, 0) is 16.4 Å². The number of benzene rings is 2. The zero-order valence-corrected chi connectivity index (χ0v) is 12.2. The van der Waals surface area contributed by atoms with Crippen molar-refractivity contribution < 1.29 is 13.5 Å². The van der Waals surface area contributed by atoms with Crippen LogP contribution >= 0.6 is 11.6 Å². The van der Waals surface area contributed by atoms with Crippen molar-refractivity contribution in [1.29, 1.82) is 0 Å². The molecule has 106 valence electrons. The van der Waals surface area contributed by atoms with E-state index in [4.69, 9.17) is 16.7 Å². The van der Waals surface area contributed by atoms with Gasteiger partial charge in [0.25, 0.3) is 10.0 Å². The first-order chi connectivity index (χ1) is 9.51. The van der Waals surface area contributed by atoms with E-state index in [1.165, 1.54) is 12.1 Å². The number of hydrogen-bond donors (Lipinski definition) is 2. The topological polar surface area (TPSA) is 66.4 Å². The summed E-state index contributed by atoms with van der Waals surface area (Å²) in [5.41, 5.74) is 1.34. The van der Waals surface area contributed by atoms with Crippen molar-refractivity contribution in [3.05, 3.63) is 59.1 Å². The highest BCUT2D eigenvalue weighted by Gasteiger charge is 2.13. The fraction of sp³-hybridized carbons (Fsp3) is 0.143. The maximum atomic E-state index is 12.2. The minimum Gasteiger partial charge on any atom is -0.396 e. The molecule has 0 atom stereocenters. The summed E-state index contributed by atoms with van der Waals surface area (Å²) >= 11 is 5.75. The molecule has 0 aliphatic carbocycles. The zero-order chi connectivity index (χ0) is 14.6. The van der Waals surface area contributed by atoms with Crippen molar-refractivity contribution in [3.63, 3.8) is 0 Å². The molecule has 0 radical (unpaired) electrons. The average molecular weight is 312 g/mol. The highest BCUT2D eigenvalue weighted by molar-refractivity contribution is 7.92. The van der Waals surface area contributed by atoms with Crippen LogP contribution in [0.2, 0.25) is 5.02 Å². The van der Waals surface area contributed by atoms with E-state index in [0.29, 0.717) is 17.1 Å². The fourth-order valence-electron chi connectivity index (χ4n) is 1.70. The molecule has 6 heteroatoms. The lowest BCUT2D eigenvalue weighted by molar-refractivity contribution is 0.299. The second-order valence-electron chi connectivity index (χ2n) is 4.23. The minimum absolute atomic E-state index is 0.0368. The molecule has 2 N–H and O–H groups in total. The Kier molecular flexibility index (Phi) is 4.65. The Bertz CT molecular complexity index is 667. The molecule has 0 aliphatic rings. The van der Waals surface area contributed by atoms with E-state index in [9.17, 15) is 8.42 Å². The van der Waals surface area contributed by atoms with Crippen molar-refractivity contribution in [1.82, 2.24) is 0 Å². The van der Waals surface area contributed by atoms with Gasteiger partial charge in [-0.15, -0.1) is 0 Å². The van der Waals surface area contributed by atoms with Crippen LogP contribution in [0, 0.1) is 0 Å². The Morgan fingerprint density at radius 3 is 2.15 bits per heavy atom. The maximum Gasteiger partial charge on any atom is 0.261 e. The first kappa shape index (κ1) is 14.8.